The molecule has 0 heterocycles. The van der Waals surface area contributed by atoms with Crippen LogP contribution in [0.1, 0.15) is 33.3 Å². The molecule has 0 aliphatic rings. The fraction of sp³-hybridized carbons (Fsp3) is 0.500. The number of carboxylic acids is 1. The Morgan fingerprint density at radius 1 is 1.23 bits per heavy atom. The number of carbonyl (C=O) groups is 2. The molecule has 1 amide bonds. The number of hydrogen-bond donors (Lipinski definition) is 2. The van der Waals surface area contributed by atoms with E-state index in [4.69, 9.17) is 9.47 Å². The van der Waals surface area contributed by atoms with Crippen molar-refractivity contribution in [3.63, 3.8) is 0 Å². The molecule has 0 saturated carbocycles. The highest BCUT2D eigenvalue weighted by Gasteiger charge is 2.29. The number of hydrogen-bond acceptors (Lipinski definition) is 4. The zero-order valence-electron chi connectivity index (χ0n) is 13.3. The van der Waals surface area contributed by atoms with Gasteiger partial charge in [-0.05, 0) is 33.3 Å². The SMILES string of the molecule is CC(OCc1ccccc1)C(NC(=O)OC(C)(C)C)C(=O)O. The summed E-state index contributed by atoms with van der Waals surface area (Å²) < 4.78 is 10.6. The Morgan fingerprint density at radius 3 is 2.32 bits per heavy atom. The fourth-order valence-corrected chi connectivity index (χ4v) is 1.71. The molecule has 2 N–H and O–H groups in total. The van der Waals surface area contributed by atoms with Crippen LogP contribution < -0.4 is 5.32 Å². The molecule has 0 bridgehead atoms. The summed E-state index contributed by atoms with van der Waals surface area (Å²) in [5.41, 5.74) is 0.233. The minimum absolute atomic E-state index is 0.266. The Labute approximate surface area is 130 Å². The van der Waals surface area contributed by atoms with E-state index in [0.29, 0.717) is 0 Å². The van der Waals surface area contributed by atoms with E-state index in [-0.39, 0.29) is 6.61 Å². The van der Waals surface area contributed by atoms with E-state index >= 15 is 0 Å². The van der Waals surface area contributed by atoms with Crippen LogP contribution in [0.5, 0.6) is 0 Å². The molecule has 0 aliphatic carbocycles. The molecule has 1 rings (SSSR count). The van der Waals surface area contributed by atoms with Gasteiger partial charge in [0.15, 0.2) is 6.04 Å². The second-order valence-corrected chi connectivity index (χ2v) is 5.96. The average Bonchev–Trinajstić information content (AvgIpc) is 2.41. The second-order valence-electron chi connectivity index (χ2n) is 5.96. The lowest BCUT2D eigenvalue weighted by molar-refractivity contribution is -0.143. The molecule has 6 nitrogen and oxygen atoms in total. The maximum atomic E-state index is 11.7. The first-order chi connectivity index (χ1) is 10.2. The average molecular weight is 309 g/mol. The Balaban J connectivity index is 2.58. The molecule has 0 spiro atoms. The third kappa shape index (κ3) is 6.58. The zero-order chi connectivity index (χ0) is 16.8. The van der Waals surface area contributed by atoms with Crippen molar-refractivity contribution in [2.75, 3.05) is 0 Å². The van der Waals surface area contributed by atoms with E-state index < -0.39 is 29.8 Å². The zero-order valence-corrected chi connectivity index (χ0v) is 13.3. The van der Waals surface area contributed by atoms with Crippen LogP contribution in [0.25, 0.3) is 0 Å². The van der Waals surface area contributed by atoms with Crippen LogP contribution in [0, 0.1) is 0 Å². The van der Waals surface area contributed by atoms with Crippen LogP contribution in [0.3, 0.4) is 0 Å². The van der Waals surface area contributed by atoms with Crippen molar-refractivity contribution >= 4 is 12.1 Å². The molecule has 122 valence electrons. The standard InChI is InChI=1S/C16H23NO5/c1-11(21-10-12-8-6-5-7-9-12)13(14(18)19)17-15(20)22-16(2,3)4/h5-9,11,13H,10H2,1-4H3,(H,17,20)(H,18,19). The molecule has 1 aromatic rings. The maximum Gasteiger partial charge on any atom is 0.408 e. The number of ether oxygens (including phenoxy) is 2. The normalized spacial score (nSPS) is 14.0. The molecule has 0 radical (unpaired) electrons. The minimum atomic E-state index is -1.18. The van der Waals surface area contributed by atoms with E-state index in [1.807, 2.05) is 30.3 Å². The highest BCUT2D eigenvalue weighted by atomic mass is 16.6. The van der Waals surface area contributed by atoms with Crippen molar-refractivity contribution in [2.45, 2.75) is 52.0 Å². The molecule has 6 heteroatoms. The quantitative estimate of drug-likeness (QED) is 0.843. The van der Waals surface area contributed by atoms with E-state index in [0.717, 1.165) is 5.56 Å². The molecular formula is C16H23NO5. The van der Waals surface area contributed by atoms with Gasteiger partial charge < -0.3 is 19.9 Å². The predicted molar refractivity (Wildman–Crippen MR) is 81.5 cm³/mol. The van der Waals surface area contributed by atoms with Gasteiger partial charge in [0.25, 0.3) is 0 Å². The number of aliphatic carboxylic acids is 1. The van der Waals surface area contributed by atoms with Crippen LogP contribution in [-0.4, -0.2) is 34.9 Å². The molecule has 2 atom stereocenters. The number of benzene rings is 1. The Morgan fingerprint density at radius 2 is 1.82 bits per heavy atom. The van der Waals surface area contributed by atoms with Gasteiger partial charge in [-0.3, -0.25) is 0 Å². The van der Waals surface area contributed by atoms with Gasteiger partial charge in [-0.25, -0.2) is 9.59 Å². The summed E-state index contributed by atoms with van der Waals surface area (Å²) in [5, 5.41) is 11.6. The molecule has 22 heavy (non-hydrogen) atoms. The van der Waals surface area contributed by atoms with Crippen molar-refractivity contribution in [1.29, 1.82) is 0 Å². The molecular weight excluding hydrogens is 286 g/mol. The summed E-state index contributed by atoms with van der Waals surface area (Å²) in [6.45, 7) is 6.98. The van der Waals surface area contributed by atoms with Crippen molar-refractivity contribution < 1.29 is 24.2 Å². The van der Waals surface area contributed by atoms with Gasteiger partial charge in [-0.15, -0.1) is 0 Å². The minimum Gasteiger partial charge on any atom is -0.480 e. The lowest BCUT2D eigenvalue weighted by Crippen LogP contribution is -2.50. The van der Waals surface area contributed by atoms with E-state index in [1.165, 1.54) is 0 Å². The second kappa shape index (κ2) is 7.79. The lowest BCUT2D eigenvalue weighted by atomic mass is 10.1. The number of carboxylic acid groups (broad SMARTS) is 1. The number of amides is 1. The first-order valence-electron chi connectivity index (χ1n) is 7.07. The Bertz CT molecular complexity index is 495. The van der Waals surface area contributed by atoms with Crippen LogP contribution in [0.2, 0.25) is 0 Å². The van der Waals surface area contributed by atoms with Crippen LogP contribution in [-0.2, 0) is 20.9 Å². The van der Waals surface area contributed by atoms with Crippen LogP contribution in [0.15, 0.2) is 30.3 Å². The number of rotatable bonds is 6. The third-order valence-corrected chi connectivity index (χ3v) is 2.76. The smallest absolute Gasteiger partial charge is 0.408 e. The summed E-state index contributed by atoms with van der Waals surface area (Å²) in [6, 6.07) is 8.21. The van der Waals surface area contributed by atoms with Crippen molar-refractivity contribution in [3.05, 3.63) is 35.9 Å². The van der Waals surface area contributed by atoms with Gasteiger partial charge >= 0.3 is 12.1 Å². The Kier molecular flexibility index (Phi) is 6.37. The summed E-state index contributed by atoms with van der Waals surface area (Å²) in [4.78, 5) is 23.0. The lowest BCUT2D eigenvalue weighted by Gasteiger charge is -2.25. The first-order valence-corrected chi connectivity index (χ1v) is 7.07. The van der Waals surface area contributed by atoms with Gasteiger partial charge in [0.2, 0.25) is 0 Å². The van der Waals surface area contributed by atoms with Crippen molar-refractivity contribution in [1.82, 2.24) is 5.32 Å². The molecule has 0 aromatic heterocycles. The fourth-order valence-electron chi connectivity index (χ4n) is 1.71. The summed E-state index contributed by atoms with van der Waals surface area (Å²) in [7, 11) is 0. The largest absolute Gasteiger partial charge is 0.480 e. The summed E-state index contributed by atoms with van der Waals surface area (Å²) in [6.07, 6.45) is -1.49. The predicted octanol–water partition coefficient (Wildman–Crippen LogP) is 2.57. The van der Waals surface area contributed by atoms with E-state index in [1.54, 1.807) is 27.7 Å². The third-order valence-electron chi connectivity index (χ3n) is 2.76. The summed E-state index contributed by atoms with van der Waals surface area (Å²) in [5.74, 6) is -1.17. The molecule has 2 unspecified atom stereocenters. The number of nitrogens with one attached hydrogen (secondary N) is 1. The number of carbonyl (C=O) groups excluding carboxylic acids is 1. The maximum absolute atomic E-state index is 11.7. The molecule has 0 aliphatic heterocycles. The first kappa shape index (κ1) is 18.0. The summed E-state index contributed by atoms with van der Waals surface area (Å²) >= 11 is 0. The topological polar surface area (TPSA) is 84.9 Å². The van der Waals surface area contributed by atoms with E-state index in [9.17, 15) is 14.7 Å². The molecule has 0 saturated heterocycles. The van der Waals surface area contributed by atoms with Crippen LogP contribution in [0.4, 0.5) is 4.79 Å². The molecule has 0 fully saturated rings. The van der Waals surface area contributed by atoms with Gasteiger partial charge in [-0.1, -0.05) is 30.3 Å². The van der Waals surface area contributed by atoms with Crippen molar-refractivity contribution in [3.8, 4) is 0 Å². The van der Waals surface area contributed by atoms with Gasteiger partial charge in [0.05, 0.1) is 12.7 Å². The van der Waals surface area contributed by atoms with Crippen molar-refractivity contribution in [2.24, 2.45) is 0 Å². The monoisotopic (exact) mass is 309 g/mol. The van der Waals surface area contributed by atoms with Gasteiger partial charge in [0.1, 0.15) is 5.60 Å². The molecule has 1 aromatic carbocycles. The highest BCUT2D eigenvalue weighted by molar-refractivity contribution is 5.80. The van der Waals surface area contributed by atoms with Crippen LogP contribution >= 0.6 is 0 Å². The van der Waals surface area contributed by atoms with Gasteiger partial charge in [0, 0.05) is 0 Å². The Hall–Kier alpha value is -2.08. The van der Waals surface area contributed by atoms with E-state index in [2.05, 4.69) is 5.32 Å². The number of alkyl carbamates (subject to hydrolysis) is 1. The highest BCUT2D eigenvalue weighted by Crippen LogP contribution is 2.09. The van der Waals surface area contributed by atoms with Gasteiger partial charge in [-0.2, -0.15) is 0 Å².